The molecule has 0 aliphatic rings. The standard InChI is InChI=1S/C21H22Cl2FN5OS/c1-13(28(2)3)20-26-27-21(29(20)17-8-6-16(24)7-9-17)31-12-19(30)25-11-14-4-5-15(22)10-18(14)23/h4-10,13H,11-12H2,1-3H3,(H,25,30)/t13-/m1/s1. The number of aromatic nitrogens is 3. The molecule has 0 aliphatic carbocycles. The summed E-state index contributed by atoms with van der Waals surface area (Å²) in [6, 6.07) is 11.2. The van der Waals surface area contributed by atoms with E-state index in [0.29, 0.717) is 27.6 Å². The number of carbonyl (C=O) groups is 1. The number of thioether (sulfide) groups is 1. The highest BCUT2D eigenvalue weighted by Gasteiger charge is 2.21. The Bertz CT molecular complexity index is 1060. The van der Waals surface area contributed by atoms with Gasteiger partial charge in [-0.05, 0) is 63.0 Å². The van der Waals surface area contributed by atoms with Gasteiger partial charge in [-0.3, -0.25) is 14.3 Å². The van der Waals surface area contributed by atoms with Gasteiger partial charge < -0.3 is 5.32 Å². The Morgan fingerprint density at radius 3 is 2.55 bits per heavy atom. The van der Waals surface area contributed by atoms with Gasteiger partial charge >= 0.3 is 0 Å². The lowest BCUT2D eigenvalue weighted by atomic mass is 10.2. The second kappa shape index (κ2) is 10.5. The van der Waals surface area contributed by atoms with Crippen LogP contribution in [0.3, 0.4) is 0 Å². The summed E-state index contributed by atoms with van der Waals surface area (Å²) in [6.07, 6.45) is 0. The molecule has 0 aliphatic heterocycles. The maximum absolute atomic E-state index is 13.4. The molecule has 1 aromatic heterocycles. The van der Waals surface area contributed by atoms with E-state index in [9.17, 15) is 9.18 Å². The molecule has 1 atom stereocenters. The van der Waals surface area contributed by atoms with E-state index in [1.54, 1.807) is 30.3 Å². The minimum Gasteiger partial charge on any atom is -0.351 e. The van der Waals surface area contributed by atoms with Crippen molar-refractivity contribution in [3.8, 4) is 5.69 Å². The van der Waals surface area contributed by atoms with Gasteiger partial charge in [0.2, 0.25) is 5.91 Å². The van der Waals surface area contributed by atoms with E-state index in [1.807, 2.05) is 30.5 Å². The highest BCUT2D eigenvalue weighted by Crippen LogP contribution is 2.27. The number of nitrogens with one attached hydrogen (secondary N) is 1. The van der Waals surface area contributed by atoms with Crippen LogP contribution in [0.25, 0.3) is 5.69 Å². The summed E-state index contributed by atoms with van der Waals surface area (Å²) in [5.41, 5.74) is 1.51. The van der Waals surface area contributed by atoms with Crippen LogP contribution in [0.4, 0.5) is 4.39 Å². The third-order valence-corrected chi connectivity index (χ3v) is 6.23. The Kier molecular flexibility index (Phi) is 7.94. The molecule has 0 spiro atoms. The Hall–Kier alpha value is -2.13. The minimum absolute atomic E-state index is 0.0345. The molecule has 10 heteroatoms. The fraction of sp³-hybridized carbons (Fsp3) is 0.286. The topological polar surface area (TPSA) is 63.1 Å². The Labute approximate surface area is 194 Å². The summed E-state index contributed by atoms with van der Waals surface area (Å²) < 4.78 is 15.3. The summed E-state index contributed by atoms with van der Waals surface area (Å²) in [6.45, 7) is 2.30. The van der Waals surface area contributed by atoms with Crippen LogP contribution >= 0.6 is 35.0 Å². The minimum atomic E-state index is -0.325. The van der Waals surface area contributed by atoms with Crippen LogP contribution in [-0.4, -0.2) is 45.4 Å². The number of amides is 1. The van der Waals surface area contributed by atoms with Crippen molar-refractivity contribution in [1.82, 2.24) is 25.0 Å². The number of benzene rings is 2. The third-order valence-electron chi connectivity index (χ3n) is 4.71. The first-order valence-corrected chi connectivity index (χ1v) is 11.2. The normalized spacial score (nSPS) is 12.2. The van der Waals surface area contributed by atoms with Gasteiger partial charge in [0.05, 0.1) is 11.8 Å². The van der Waals surface area contributed by atoms with Crippen molar-refractivity contribution in [3.05, 3.63) is 69.7 Å². The van der Waals surface area contributed by atoms with Crippen molar-refractivity contribution in [3.63, 3.8) is 0 Å². The van der Waals surface area contributed by atoms with Crippen molar-refractivity contribution in [1.29, 1.82) is 0 Å². The molecule has 3 aromatic rings. The molecule has 0 fully saturated rings. The molecule has 2 aromatic carbocycles. The molecule has 0 bridgehead atoms. The SMILES string of the molecule is C[C@H](c1nnc(SCC(=O)NCc2ccc(Cl)cc2Cl)n1-c1ccc(F)cc1)N(C)C. The summed E-state index contributed by atoms with van der Waals surface area (Å²) in [5, 5.41) is 13.0. The van der Waals surface area contributed by atoms with Crippen LogP contribution in [0.2, 0.25) is 10.0 Å². The van der Waals surface area contributed by atoms with E-state index in [-0.39, 0.29) is 23.5 Å². The van der Waals surface area contributed by atoms with Crippen molar-refractivity contribution < 1.29 is 9.18 Å². The Morgan fingerprint density at radius 2 is 1.90 bits per heavy atom. The smallest absolute Gasteiger partial charge is 0.230 e. The Balaban J connectivity index is 1.73. The van der Waals surface area contributed by atoms with Crippen LogP contribution in [-0.2, 0) is 11.3 Å². The third kappa shape index (κ3) is 5.98. The van der Waals surface area contributed by atoms with Gasteiger partial charge in [-0.15, -0.1) is 10.2 Å². The summed E-state index contributed by atoms with van der Waals surface area (Å²) in [4.78, 5) is 14.4. The van der Waals surface area contributed by atoms with Gasteiger partial charge in [-0.25, -0.2) is 4.39 Å². The Morgan fingerprint density at radius 1 is 1.19 bits per heavy atom. The first-order chi connectivity index (χ1) is 14.8. The molecule has 0 saturated heterocycles. The lowest BCUT2D eigenvalue weighted by Crippen LogP contribution is -2.25. The monoisotopic (exact) mass is 481 g/mol. The van der Waals surface area contributed by atoms with E-state index in [4.69, 9.17) is 23.2 Å². The zero-order chi connectivity index (χ0) is 22.5. The molecule has 0 radical (unpaired) electrons. The van der Waals surface area contributed by atoms with Crippen molar-refractivity contribution in [2.75, 3.05) is 19.8 Å². The summed E-state index contributed by atoms with van der Waals surface area (Å²) in [5.74, 6) is 0.341. The van der Waals surface area contributed by atoms with Gasteiger partial charge in [-0.2, -0.15) is 0 Å². The van der Waals surface area contributed by atoms with E-state index in [0.717, 1.165) is 11.3 Å². The average Bonchev–Trinajstić information content (AvgIpc) is 3.15. The average molecular weight is 482 g/mol. The van der Waals surface area contributed by atoms with Gasteiger partial charge in [-0.1, -0.05) is 41.0 Å². The number of rotatable bonds is 8. The molecular formula is C21H22Cl2FN5OS. The highest BCUT2D eigenvalue weighted by molar-refractivity contribution is 7.99. The number of carbonyl (C=O) groups excluding carboxylic acids is 1. The lowest BCUT2D eigenvalue weighted by molar-refractivity contribution is -0.118. The van der Waals surface area contributed by atoms with Gasteiger partial charge in [0.1, 0.15) is 5.82 Å². The maximum atomic E-state index is 13.4. The second-order valence-corrected chi connectivity index (χ2v) is 8.88. The summed E-state index contributed by atoms with van der Waals surface area (Å²) >= 11 is 13.3. The zero-order valence-corrected chi connectivity index (χ0v) is 19.6. The second-order valence-electron chi connectivity index (χ2n) is 7.09. The molecule has 1 heterocycles. The predicted octanol–water partition coefficient (Wildman–Crippen LogP) is 4.74. The molecule has 1 amide bonds. The molecule has 6 nitrogen and oxygen atoms in total. The van der Waals surface area contributed by atoms with Crippen LogP contribution in [0.5, 0.6) is 0 Å². The molecular weight excluding hydrogens is 460 g/mol. The quantitative estimate of drug-likeness (QED) is 0.470. The number of hydrogen-bond donors (Lipinski definition) is 1. The zero-order valence-electron chi connectivity index (χ0n) is 17.3. The van der Waals surface area contributed by atoms with Crippen molar-refractivity contribution >= 4 is 40.9 Å². The van der Waals surface area contributed by atoms with Crippen LogP contribution in [0, 0.1) is 5.82 Å². The fourth-order valence-electron chi connectivity index (χ4n) is 2.75. The van der Waals surface area contributed by atoms with E-state index >= 15 is 0 Å². The molecule has 1 N–H and O–H groups in total. The number of halogens is 3. The van der Waals surface area contributed by atoms with Crippen LogP contribution in [0.15, 0.2) is 47.6 Å². The largest absolute Gasteiger partial charge is 0.351 e. The van der Waals surface area contributed by atoms with E-state index in [1.165, 1.54) is 23.9 Å². The molecule has 164 valence electrons. The van der Waals surface area contributed by atoms with Gasteiger partial charge in [0.25, 0.3) is 0 Å². The van der Waals surface area contributed by atoms with Crippen molar-refractivity contribution in [2.24, 2.45) is 0 Å². The first-order valence-electron chi connectivity index (χ1n) is 9.47. The number of nitrogens with zero attached hydrogens (tertiary/aromatic N) is 4. The highest BCUT2D eigenvalue weighted by atomic mass is 35.5. The number of hydrogen-bond acceptors (Lipinski definition) is 5. The predicted molar refractivity (Wildman–Crippen MR) is 122 cm³/mol. The summed E-state index contributed by atoms with van der Waals surface area (Å²) in [7, 11) is 3.88. The molecule has 3 rings (SSSR count). The van der Waals surface area contributed by atoms with Crippen LogP contribution < -0.4 is 5.32 Å². The maximum Gasteiger partial charge on any atom is 0.230 e. The van der Waals surface area contributed by atoms with E-state index in [2.05, 4.69) is 15.5 Å². The molecule has 0 saturated carbocycles. The van der Waals surface area contributed by atoms with Crippen molar-refractivity contribution in [2.45, 2.75) is 24.7 Å². The lowest BCUT2D eigenvalue weighted by Gasteiger charge is -2.20. The fourth-order valence-corrected chi connectivity index (χ4v) is 4.01. The van der Waals surface area contributed by atoms with Gasteiger partial charge in [0, 0.05) is 22.3 Å². The van der Waals surface area contributed by atoms with Crippen LogP contribution in [0.1, 0.15) is 24.4 Å². The molecule has 31 heavy (non-hydrogen) atoms. The first kappa shape index (κ1) is 23.5. The molecule has 0 unspecified atom stereocenters. The van der Waals surface area contributed by atoms with Gasteiger partial charge in [0.15, 0.2) is 11.0 Å². The van der Waals surface area contributed by atoms with E-state index < -0.39 is 0 Å².